The first-order chi connectivity index (χ1) is 17.0. The molecule has 5 rings (SSSR count). The molecule has 4 aromatic rings. The molecule has 35 heavy (non-hydrogen) atoms. The zero-order chi connectivity index (χ0) is 24.4. The van der Waals surface area contributed by atoms with Gasteiger partial charge in [-0.15, -0.1) is 6.42 Å². The highest BCUT2D eigenvalue weighted by atomic mass is 32.2. The maximum atomic E-state index is 13.9. The van der Waals surface area contributed by atoms with Crippen LogP contribution in [0.5, 0.6) is 0 Å². The van der Waals surface area contributed by atoms with Crippen LogP contribution in [0.15, 0.2) is 114 Å². The number of rotatable bonds is 5. The molecule has 0 N–H and O–H groups in total. The van der Waals surface area contributed by atoms with E-state index < -0.39 is 16.1 Å². The molecule has 174 valence electrons. The van der Waals surface area contributed by atoms with Crippen LogP contribution in [0.2, 0.25) is 0 Å². The summed E-state index contributed by atoms with van der Waals surface area (Å²) >= 11 is 0. The van der Waals surface area contributed by atoms with Crippen LogP contribution in [-0.4, -0.2) is 20.0 Å². The van der Waals surface area contributed by atoms with E-state index in [1.807, 2.05) is 79.7 Å². The molecule has 0 fully saturated rings. The Morgan fingerprint density at radius 2 is 1.34 bits per heavy atom. The van der Waals surface area contributed by atoms with Gasteiger partial charge < -0.3 is 0 Å². The number of hydrogen-bond acceptors (Lipinski definition) is 3. The van der Waals surface area contributed by atoms with E-state index in [0.717, 1.165) is 22.3 Å². The Balaban J connectivity index is 1.69. The van der Waals surface area contributed by atoms with Crippen LogP contribution in [-0.2, 0) is 10.0 Å². The molecule has 0 radical (unpaired) electrons. The van der Waals surface area contributed by atoms with Gasteiger partial charge in [-0.25, -0.2) is 8.42 Å². The van der Waals surface area contributed by atoms with E-state index in [1.54, 1.807) is 12.1 Å². The van der Waals surface area contributed by atoms with Crippen molar-refractivity contribution in [3.63, 3.8) is 0 Å². The average molecular weight is 479 g/mol. The Morgan fingerprint density at radius 3 is 1.91 bits per heavy atom. The summed E-state index contributed by atoms with van der Waals surface area (Å²) in [6.07, 6.45) is 6.13. The lowest BCUT2D eigenvalue weighted by atomic mass is 9.92. The first kappa shape index (κ1) is 22.9. The monoisotopic (exact) mass is 478 g/mol. The summed E-state index contributed by atoms with van der Waals surface area (Å²) in [5.74, 6) is 2.95. The van der Waals surface area contributed by atoms with E-state index in [0.29, 0.717) is 5.69 Å². The summed E-state index contributed by atoms with van der Waals surface area (Å²) in [5, 5.41) is 0. The van der Waals surface area contributed by atoms with Gasteiger partial charge in [-0.3, -0.25) is 9.21 Å². The normalized spacial score (nSPS) is 16.0. The van der Waals surface area contributed by atoms with Crippen molar-refractivity contribution in [2.24, 2.45) is 0 Å². The SMILES string of the molecule is C#C[C@H]1c2ccccc2N(S(=O)(=O)c2ccc(C)cc2)CN1C(c1ccccc1)c1ccccc1. The zero-order valence-electron chi connectivity index (χ0n) is 19.5. The van der Waals surface area contributed by atoms with Gasteiger partial charge in [0.1, 0.15) is 6.04 Å². The molecule has 1 heterocycles. The van der Waals surface area contributed by atoms with Gasteiger partial charge in [-0.05, 0) is 36.2 Å². The number of anilines is 1. The Bertz CT molecular complexity index is 1420. The van der Waals surface area contributed by atoms with Crippen LogP contribution >= 0.6 is 0 Å². The summed E-state index contributed by atoms with van der Waals surface area (Å²) in [7, 11) is -3.83. The number of nitrogens with zero attached hydrogens (tertiary/aromatic N) is 2. The number of hydrogen-bond donors (Lipinski definition) is 0. The maximum absolute atomic E-state index is 13.9. The van der Waals surface area contributed by atoms with E-state index in [4.69, 9.17) is 6.42 Å². The second kappa shape index (κ2) is 9.42. The highest BCUT2D eigenvalue weighted by Crippen LogP contribution is 2.44. The molecule has 0 aliphatic carbocycles. The fourth-order valence-corrected chi connectivity index (χ4v) is 6.18. The molecule has 4 nitrogen and oxygen atoms in total. The van der Waals surface area contributed by atoms with Gasteiger partial charge in [0, 0.05) is 5.56 Å². The van der Waals surface area contributed by atoms with Crippen molar-refractivity contribution in [1.29, 1.82) is 0 Å². The third-order valence-corrected chi connectivity index (χ3v) is 8.21. The average Bonchev–Trinajstić information content (AvgIpc) is 2.90. The first-order valence-corrected chi connectivity index (χ1v) is 12.9. The number of terminal acetylenes is 1. The molecular weight excluding hydrogens is 452 g/mol. The lowest BCUT2D eigenvalue weighted by Gasteiger charge is -2.45. The second-order valence-corrected chi connectivity index (χ2v) is 10.5. The zero-order valence-corrected chi connectivity index (χ0v) is 20.3. The minimum absolute atomic E-state index is 0.122. The molecule has 4 aromatic carbocycles. The Labute approximate surface area is 207 Å². The van der Waals surface area contributed by atoms with Gasteiger partial charge >= 0.3 is 0 Å². The molecule has 0 aromatic heterocycles. The molecule has 0 amide bonds. The molecule has 0 bridgehead atoms. The standard InChI is InChI=1S/C30H26N2O2S/c1-3-28-27-16-10-11-17-29(27)32(35(33,34)26-20-18-23(2)19-21-26)22-31(28)30(24-12-6-4-7-13-24)25-14-8-5-9-15-25/h1,4-21,28,30H,22H2,2H3/t28-/m0/s1. The molecular formula is C30H26N2O2S. The van der Waals surface area contributed by atoms with Crippen molar-refractivity contribution in [2.45, 2.75) is 23.9 Å². The smallest absolute Gasteiger partial charge is 0.256 e. The first-order valence-electron chi connectivity index (χ1n) is 11.5. The van der Waals surface area contributed by atoms with Crippen molar-refractivity contribution < 1.29 is 8.42 Å². The van der Waals surface area contributed by atoms with E-state index in [-0.39, 0.29) is 17.6 Å². The molecule has 1 aliphatic heterocycles. The summed E-state index contributed by atoms with van der Waals surface area (Å²) in [6.45, 7) is 2.06. The highest BCUT2D eigenvalue weighted by molar-refractivity contribution is 7.92. The van der Waals surface area contributed by atoms with Crippen molar-refractivity contribution in [2.75, 3.05) is 11.0 Å². The molecule has 5 heteroatoms. The Kier molecular flexibility index (Phi) is 6.17. The summed E-state index contributed by atoms with van der Waals surface area (Å²) < 4.78 is 29.4. The molecule has 0 unspecified atom stereocenters. The Hall–Kier alpha value is -3.85. The largest absolute Gasteiger partial charge is 0.265 e. The number of sulfonamides is 1. The van der Waals surface area contributed by atoms with Crippen molar-refractivity contribution in [1.82, 2.24) is 4.90 Å². The third kappa shape index (κ3) is 4.23. The quantitative estimate of drug-likeness (QED) is 0.334. The van der Waals surface area contributed by atoms with Crippen LogP contribution in [0, 0.1) is 19.3 Å². The van der Waals surface area contributed by atoms with Crippen molar-refractivity contribution in [3.8, 4) is 12.3 Å². The summed E-state index contributed by atoms with van der Waals surface area (Å²) in [4.78, 5) is 2.35. The van der Waals surface area contributed by atoms with Gasteiger partial charge in [-0.2, -0.15) is 0 Å². The molecule has 0 saturated heterocycles. The fourth-order valence-electron chi connectivity index (χ4n) is 4.74. The fraction of sp³-hybridized carbons (Fsp3) is 0.133. The number of benzene rings is 4. The predicted molar refractivity (Wildman–Crippen MR) is 140 cm³/mol. The van der Waals surface area contributed by atoms with Gasteiger partial charge in [0.2, 0.25) is 0 Å². The predicted octanol–water partition coefficient (Wildman–Crippen LogP) is 5.93. The summed E-state index contributed by atoms with van der Waals surface area (Å²) in [5.41, 5.74) is 4.52. The van der Waals surface area contributed by atoms with Crippen LogP contribution in [0.25, 0.3) is 0 Å². The highest BCUT2D eigenvalue weighted by Gasteiger charge is 2.40. The van der Waals surface area contributed by atoms with E-state index in [1.165, 1.54) is 4.31 Å². The maximum Gasteiger partial charge on any atom is 0.265 e. The second-order valence-electron chi connectivity index (χ2n) is 8.67. The Morgan fingerprint density at radius 1 is 0.800 bits per heavy atom. The van der Waals surface area contributed by atoms with Gasteiger partial charge in [0.15, 0.2) is 0 Å². The number of para-hydroxylation sites is 1. The van der Waals surface area contributed by atoms with Crippen LogP contribution in [0.4, 0.5) is 5.69 Å². The van der Waals surface area contributed by atoms with Crippen LogP contribution < -0.4 is 4.31 Å². The minimum atomic E-state index is -3.83. The van der Waals surface area contributed by atoms with Crippen molar-refractivity contribution >= 4 is 15.7 Å². The lowest BCUT2D eigenvalue weighted by Crippen LogP contribution is -2.49. The van der Waals surface area contributed by atoms with E-state index in [2.05, 4.69) is 35.1 Å². The van der Waals surface area contributed by atoms with Gasteiger partial charge in [-0.1, -0.05) is 102 Å². The topological polar surface area (TPSA) is 40.6 Å². The molecule has 1 aliphatic rings. The third-order valence-electron chi connectivity index (χ3n) is 6.45. The number of fused-ring (bicyclic) bond motifs is 1. The van der Waals surface area contributed by atoms with E-state index in [9.17, 15) is 8.42 Å². The lowest BCUT2D eigenvalue weighted by molar-refractivity contribution is 0.189. The van der Waals surface area contributed by atoms with Crippen molar-refractivity contribution in [3.05, 3.63) is 131 Å². The van der Waals surface area contributed by atoms with Crippen LogP contribution in [0.3, 0.4) is 0 Å². The van der Waals surface area contributed by atoms with E-state index >= 15 is 0 Å². The molecule has 0 spiro atoms. The minimum Gasteiger partial charge on any atom is -0.256 e. The molecule has 0 saturated carbocycles. The van der Waals surface area contributed by atoms with Crippen LogP contribution in [0.1, 0.15) is 34.3 Å². The number of aryl methyl sites for hydroxylation is 1. The molecule has 1 atom stereocenters. The van der Waals surface area contributed by atoms with Gasteiger partial charge in [0.05, 0.1) is 23.3 Å². The summed E-state index contributed by atoms with van der Waals surface area (Å²) in [6, 6.07) is 34.0. The van der Waals surface area contributed by atoms with Gasteiger partial charge in [0.25, 0.3) is 10.0 Å².